The van der Waals surface area contributed by atoms with Crippen LogP contribution in [0.2, 0.25) is 0 Å². The van der Waals surface area contributed by atoms with Crippen molar-refractivity contribution in [3.8, 4) is 0 Å². The Kier molecular flexibility index (Phi) is 3.19. The number of aryl methyl sites for hydroxylation is 1. The highest BCUT2D eigenvalue weighted by Crippen LogP contribution is 2.19. The molecule has 0 bridgehead atoms. The standard InChI is InChI=1S/C12H11N3O4/c1-6-9(11(17)18)19-12(14-6)15-8-4-2-7(3-5-8)10(13)16/h2-5H,1H3,(H2,13,16)(H,14,15)(H,17,18). The lowest BCUT2D eigenvalue weighted by Gasteiger charge is -2.01. The number of aromatic nitrogens is 1. The van der Waals surface area contributed by atoms with Crippen molar-refractivity contribution < 1.29 is 19.1 Å². The lowest BCUT2D eigenvalue weighted by atomic mass is 10.2. The van der Waals surface area contributed by atoms with Gasteiger partial charge in [-0.05, 0) is 31.2 Å². The summed E-state index contributed by atoms with van der Waals surface area (Å²) in [5.74, 6) is -1.91. The number of nitrogens with zero attached hydrogens (tertiary/aromatic N) is 1. The smallest absolute Gasteiger partial charge is 0.373 e. The number of primary amides is 1. The maximum atomic E-state index is 10.9. The van der Waals surface area contributed by atoms with Crippen LogP contribution in [0.15, 0.2) is 28.7 Å². The zero-order valence-corrected chi connectivity index (χ0v) is 10.0. The molecule has 0 unspecified atom stereocenters. The number of anilines is 2. The van der Waals surface area contributed by atoms with E-state index in [0.29, 0.717) is 11.3 Å². The number of benzene rings is 1. The fourth-order valence-corrected chi connectivity index (χ4v) is 1.49. The van der Waals surface area contributed by atoms with Gasteiger partial charge in [0.25, 0.3) is 6.01 Å². The van der Waals surface area contributed by atoms with E-state index in [2.05, 4.69) is 10.3 Å². The molecular weight excluding hydrogens is 250 g/mol. The molecule has 2 aromatic rings. The van der Waals surface area contributed by atoms with Gasteiger partial charge in [-0.2, -0.15) is 4.98 Å². The van der Waals surface area contributed by atoms with Crippen LogP contribution in [-0.4, -0.2) is 22.0 Å². The second kappa shape index (κ2) is 4.81. The number of aromatic carboxylic acids is 1. The molecule has 7 heteroatoms. The predicted octanol–water partition coefficient (Wildman–Crippen LogP) is 1.52. The van der Waals surface area contributed by atoms with E-state index >= 15 is 0 Å². The van der Waals surface area contributed by atoms with Crippen molar-refractivity contribution in [1.29, 1.82) is 0 Å². The lowest BCUT2D eigenvalue weighted by Crippen LogP contribution is -2.10. The first-order valence-electron chi connectivity index (χ1n) is 5.35. The summed E-state index contributed by atoms with van der Waals surface area (Å²) in [5.41, 5.74) is 6.37. The third kappa shape index (κ3) is 2.71. The number of nitrogens with one attached hydrogen (secondary N) is 1. The van der Waals surface area contributed by atoms with E-state index in [1.165, 1.54) is 6.92 Å². The number of carbonyl (C=O) groups excluding carboxylic acids is 1. The number of hydrogen-bond acceptors (Lipinski definition) is 5. The van der Waals surface area contributed by atoms with Gasteiger partial charge in [-0.25, -0.2) is 4.79 Å². The molecule has 0 aliphatic carbocycles. The molecule has 0 radical (unpaired) electrons. The molecular formula is C12H11N3O4. The van der Waals surface area contributed by atoms with E-state index in [4.69, 9.17) is 15.3 Å². The topological polar surface area (TPSA) is 118 Å². The van der Waals surface area contributed by atoms with Gasteiger partial charge < -0.3 is 20.6 Å². The Balaban J connectivity index is 2.19. The first-order chi connectivity index (χ1) is 8.97. The molecule has 1 aromatic heterocycles. The van der Waals surface area contributed by atoms with Crippen LogP contribution >= 0.6 is 0 Å². The van der Waals surface area contributed by atoms with Crippen molar-refractivity contribution in [2.24, 2.45) is 5.73 Å². The van der Waals surface area contributed by atoms with Crippen LogP contribution in [0.4, 0.5) is 11.7 Å². The minimum absolute atomic E-state index is 0.0710. The number of hydrogen-bond donors (Lipinski definition) is 3. The molecule has 0 saturated carbocycles. The number of rotatable bonds is 4. The van der Waals surface area contributed by atoms with E-state index in [-0.39, 0.29) is 17.5 Å². The van der Waals surface area contributed by atoms with Crippen LogP contribution in [0.1, 0.15) is 26.6 Å². The highest BCUT2D eigenvalue weighted by molar-refractivity contribution is 5.93. The summed E-state index contributed by atoms with van der Waals surface area (Å²) in [4.78, 5) is 25.6. The van der Waals surface area contributed by atoms with Crippen LogP contribution in [0.3, 0.4) is 0 Å². The number of nitrogens with two attached hydrogens (primary N) is 1. The van der Waals surface area contributed by atoms with Crippen molar-refractivity contribution in [2.75, 3.05) is 5.32 Å². The molecule has 19 heavy (non-hydrogen) atoms. The van der Waals surface area contributed by atoms with Crippen molar-refractivity contribution in [3.63, 3.8) is 0 Å². The van der Waals surface area contributed by atoms with Crippen LogP contribution in [0.5, 0.6) is 0 Å². The zero-order valence-electron chi connectivity index (χ0n) is 10.0. The quantitative estimate of drug-likeness (QED) is 0.767. The molecule has 4 N–H and O–H groups in total. The van der Waals surface area contributed by atoms with Gasteiger partial charge in [0.2, 0.25) is 11.7 Å². The van der Waals surface area contributed by atoms with Crippen molar-refractivity contribution in [1.82, 2.24) is 4.98 Å². The number of carboxylic acids is 1. The lowest BCUT2D eigenvalue weighted by molar-refractivity contribution is 0.0662. The Morgan fingerprint density at radius 1 is 1.32 bits per heavy atom. The predicted molar refractivity (Wildman–Crippen MR) is 66.4 cm³/mol. The summed E-state index contributed by atoms with van der Waals surface area (Å²) in [6.07, 6.45) is 0. The molecule has 0 atom stereocenters. The maximum Gasteiger partial charge on any atom is 0.373 e. The normalized spacial score (nSPS) is 10.2. The molecule has 1 aromatic carbocycles. The van der Waals surface area contributed by atoms with Gasteiger partial charge in [0.05, 0.1) is 5.69 Å². The molecule has 7 nitrogen and oxygen atoms in total. The molecule has 0 saturated heterocycles. The van der Waals surface area contributed by atoms with Gasteiger partial charge in [-0.15, -0.1) is 0 Å². The average molecular weight is 261 g/mol. The van der Waals surface area contributed by atoms with Gasteiger partial charge >= 0.3 is 5.97 Å². The summed E-state index contributed by atoms with van der Waals surface area (Å²) >= 11 is 0. The fraction of sp³-hybridized carbons (Fsp3) is 0.0833. The fourth-order valence-electron chi connectivity index (χ4n) is 1.49. The van der Waals surface area contributed by atoms with Gasteiger partial charge in [-0.1, -0.05) is 0 Å². The van der Waals surface area contributed by atoms with E-state index in [1.54, 1.807) is 24.3 Å². The minimum atomic E-state index is -1.18. The highest BCUT2D eigenvalue weighted by atomic mass is 16.4. The minimum Gasteiger partial charge on any atom is -0.475 e. The van der Waals surface area contributed by atoms with E-state index in [0.717, 1.165) is 0 Å². The van der Waals surface area contributed by atoms with Crippen molar-refractivity contribution in [3.05, 3.63) is 41.3 Å². The number of carboxylic acid groups (broad SMARTS) is 1. The summed E-state index contributed by atoms with van der Waals surface area (Å²) in [7, 11) is 0. The molecule has 0 fully saturated rings. The van der Waals surface area contributed by atoms with Gasteiger partial charge in [0.1, 0.15) is 0 Å². The largest absolute Gasteiger partial charge is 0.475 e. The summed E-state index contributed by atoms with van der Waals surface area (Å²) in [5, 5.41) is 11.6. The molecule has 2 rings (SSSR count). The van der Waals surface area contributed by atoms with Crippen molar-refractivity contribution >= 4 is 23.6 Å². The Hall–Kier alpha value is -2.83. The Bertz CT molecular complexity index is 631. The average Bonchev–Trinajstić information content (AvgIpc) is 2.71. The molecule has 1 amide bonds. The monoisotopic (exact) mass is 261 g/mol. The Morgan fingerprint density at radius 2 is 1.95 bits per heavy atom. The summed E-state index contributed by atoms with van der Waals surface area (Å²) in [6, 6.07) is 6.37. The van der Waals surface area contributed by atoms with Gasteiger partial charge in [-0.3, -0.25) is 4.79 Å². The maximum absolute atomic E-state index is 10.9. The number of oxazole rings is 1. The second-order valence-electron chi connectivity index (χ2n) is 3.81. The highest BCUT2D eigenvalue weighted by Gasteiger charge is 2.16. The van der Waals surface area contributed by atoms with Gasteiger partial charge in [0, 0.05) is 11.3 Å². The van der Waals surface area contributed by atoms with E-state index < -0.39 is 11.9 Å². The van der Waals surface area contributed by atoms with Gasteiger partial charge in [0.15, 0.2) is 0 Å². The zero-order chi connectivity index (χ0) is 14.0. The third-order valence-corrected chi connectivity index (χ3v) is 2.41. The van der Waals surface area contributed by atoms with E-state index in [1.807, 2.05) is 0 Å². The second-order valence-corrected chi connectivity index (χ2v) is 3.81. The molecule has 0 aliphatic rings. The van der Waals surface area contributed by atoms with Crippen LogP contribution < -0.4 is 11.1 Å². The molecule has 0 aliphatic heterocycles. The Labute approximate surface area is 108 Å². The van der Waals surface area contributed by atoms with E-state index in [9.17, 15) is 9.59 Å². The molecule has 98 valence electrons. The molecule has 1 heterocycles. The van der Waals surface area contributed by atoms with Crippen molar-refractivity contribution in [2.45, 2.75) is 6.92 Å². The Morgan fingerprint density at radius 3 is 2.42 bits per heavy atom. The number of carbonyl (C=O) groups is 2. The number of amides is 1. The summed E-state index contributed by atoms with van der Waals surface area (Å²) < 4.78 is 5.04. The van der Waals surface area contributed by atoms with Crippen LogP contribution in [0.25, 0.3) is 0 Å². The SMILES string of the molecule is Cc1nc(Nc2ccc(C(N)=O)cc2)oc1C(=O)O. The third-order valence-electron chi connectivity index (χ3n) is 2.41. The molecule has 0 spiro atoms. The first kappa shape index (κ1) is 12.6. The summed E-state index contributed by atoms with van der Waals surface area (Å²) in [6.45, 7) is 1.54. The first-order valence-corrected chi connectivity index (χ1v) is 5.35. The van der Waals surface area contributed by atoms with Crippen LogP contribution in [0, 0.1) is 6.92 Å². The van der Waals surface area contributed by atoms with Crippen LogP contribution in [-0.2, 0) is 0 Å².